The van der Waals surface area contributed by atoms with Crippen LogP contribution in [-0.4, -0.2) is 56.6 Å². The van der Waals surface area contributed by atoms with E-state index in [0.29, 0.717) is 6.61 Å². The summed E-state index contributed by atoms with van der Waals surface area (Å²) in [5.41, 5.74) is 0. The molecule has 1 aliphatic heterocycles. The van der Waals surface area contributed by atoms with E-state index in [9.17, 15) is 10.2 Å². The summed E-state index contributed by atoms with van der Waals surface area (Å²) < 4.78 is 16.0. The Kier molecular flexibility index (Phi) is 5.64. The molecular formula is C11H22O5. The maximum Gasteiger partial charge on any atom is 0.160 e. The molecule has 0 saturated carbocycles. The third-order valence-corrected chi connectivity index (χ3v) is 3.43. The Labute approximate surface area is 96.3 Å². The van der Waals surface area contributed by atoms with Gasteiger partial charge in [0.25, 0.3) is 0 Å². The highest BCUT2D eigenvalue weighted by Crippen LogP contribution is 2.35. The maximum atomic E-state index is 9.40. The van der Waals surface area contributed by atoms with Gasteiger partial charge in [-0.25, -0.2) is 0 Å². The Bertz CT molecular complexity index is 195. The van der Waals surface area contributed by atoms with E-state index in [4.69, 9.17) is 14.2 Å². The molecule has 0 aromatic carbocycles. The van der Waals surface area contributed by atoms with Crippen molar-refractivity contribution in [3.63, 3.8) is 0 Å². The molecule has 1 aliphatic rings. The standard InChI is InChI=1S/C11H22O5/c1-7-8(4-12)9(5-13)10(6-14-2)16-11(7)15-3/h7-13H,4-6H2,1-3H3. The van der Waals surface area contributed by atoms with Gasteiger partial charge in [0.2, 0.25) is 0 Å². The summed E-state index contributed by atoms with van der Waals surface area (Å²) in [6.45, 7) is 2.37. The molecule has 1 saturated heterocycles. The summed E-state index contributed by atoms with van der Waals surface area (Å²) >= 11 is 0. The molecule has 0 aliphatic carbocycles. The highest BCUT2D eigenvalue weighted by atomic mass is 16.7. The predicted octanol–water partition coefficient (Wildman–Crippen LogP) is -0.143. The van der Waals surface area contributed by atoms with Crippen molar-refractivity contribution >= 4 is 0 Å². The second kappa shape index (κ2) is 6.51. The van der Waals surface area contributed by atoms with Crippen LogP contribution in [0, 0.1) is 17.8 Å². The summed E-state index contributed by atoms with van der Waals surface area (Å²) in [4.78, 5) is 0. The molecule has 96 valence electrons. The van der Waals surface area contributed by atoms with Gasteiger partial charge in [-0.15, -0.1) is 0 Å². The van der Waals surface area contributed by atoms with Gasteiger partial charge in [-0.3, -0.25) is 0 Å². The van der Waals surface area contributed by atoms with Gasteiger partial charge >= 0.3 is 0 Å². The summed E-state index contributed by atoms with van der Waals surface area (Å²) in [6.07, 6.45) is -0.576. The third kappa shape index (κ3) is 2.73. The molecule has 1 rings (SSSR count). The molecule has 0 radical (unpaired) electrons. The first-order valence-corrected chi connectivity index (χ1v) is 5.58. The van der Waals surface area contributed by atoms with Gasteiger partial charge in [-0.05, 0) is 5.92 Å². The van der Waals surface area contributed by atoms with Crippen molar-refractivity contribution in [2.45, 2.75) is 19.3 Å². The number of hydrogen-bond donors (Lipinski definition) is 2. The fourth-order valence-corrected chi connectivity index (χ4v) is 2.42. The Balaban J connectivity index is 2.77. The summed E-state index contributed by atoms with van der Waals surface area (Å²) in [7, 11) is 3.17. The molecule has 1 heterocycles. The minimum Gasteiger partial charge on any atom is -0.396 e. The Morgan fingerprint density at radius 2 is 1.75 bits per heavy atom. The van der Waals surface area contributed by atoms with Crippen LogP contribution in [0.1, 0.15) is 6.92 Å². The lowest BCUT2D eigenvalue weighted by atomic mass is 9.77. The van der Waals surface area contributed by atoms with E-state index in [2.05, 4.69) is 0 Å². The zero-order valence-electron chi connectivity index (χ0n) is 10.1. The van der Waals surface area contributed by atoms with E-state index in [1.165, 1.54) is 0 Å². The third-order valence-electron chi connectivity index (χ3n) is 3.43. The molecule has 5 unspecified atom stereocenters. The molecule has 5 atom stereocenters. The van der Waals surface area contributed by atoms with E-state index in [1.54, 1.807) is 14.2 Å². The van der Waals surface area contributed by atoms with Crippen molar-refractivity contribution in [1.82, 2.24) is 0 Å². The number of aliphatic hydroxyl groups excluding tert-OH is 2. The summed E-state index contributed by atoms with van der Waals surface area (Å²) in [5.74, 6) is -0.0737. The van der Waals surface area contributed by atoms with E-state index in [-0.39, 0.29) is 43.4 Å². The van der Waals surface area contributed by atoms with Crippen molar-refractivity contribution < 1.29 is 24.4 Å². The van der Waals surface area contributed by atoms with Crippen LogP contribution in [-0.2, 0) is 14.2 Å². The van der Waals surface area contributed by atoms with Gasteiger partial charge in [0, 0.05) is 39.3 Å². The molecule has 5 nitrogen and oxygen atoms in total. The first-order chi connectivity index (χ1) is 7.69. The van der Waals surface area contributed by atoms with E-state index in [0.717, 1.165) is 0 Å². The molecule has 0 bridgehead atoms. The van der Waals surface area contributed by atoms with Crippen molar-refractivity contribution in [1.29, 1.82) is 0 Å². The average molecular weight is 234 g/mol. The van der Waals surface area contributed by atoms with Crippen LogP contribution < -0.4 is 0 Å². The molecule has 2 N–H and O–H groups in total. The lowest BCUT2D eigenvalue weighted by Crippen LogP contribution is -2.51. The second-order valence-electron chi connectivity index (χ2n) is 4.29. The van der Waals surface area contributed by atoms with Gasteiger partial charge in [0.1, 0.15) is 0 Å². The molecule has 5 heteroatoms. The first kappa shape index (κ1) is 13.9. The highest BCUT2D eigenvalue weighted by molar-refractivity contribution is 4.86. The number of ether oxygens (including phenoxy) is 3. The molecule has 16 heavy (non-hydrogen) atoms. The van der Waals surface area contributed by atoms with E-state index in [1.807, 2.05) is 6.92 Å². The maximum absolute atomic E-state index is 9.40. The predicted molar refractivity (Wildman–Crippen MR) is 57.9 cm³/mol. The van der Waals surface area contributed by atoms with E-state index >= 15 is 0 Å². The lowest BCUT2D eigenvalue weighted by molar-refractivity contribution is -0.258. The quantitative estimate of drug-likeness (QED) is 0.693. The minimum atomic E-state index is -0.347. The van der Waals surface area contributed by atoms with Crippen LogP contribution >= 0.6 is 0 Å². The monoisotopic (exact) mass is 234 g/mol. The zero-order valence-corrected chi connectivity index (χ0v) is 10.1. The Morgan fingerprint density at radius 1 is 1.12 bits per heavy atom. The largest absolute Gasteiger partial charge is 0.396 e. The number of methoxy groups -OCH3 is 2. The van der Waals surface area contributed by atoms with Gasteiger partial charge in [0.05, 0.1) is 12.7 Å². The topological polar surface area (TPSA) is 68.2 Å². The van der Waals surface area contributed by atoms with Crippen LogP contribution in [0.4, 0.5) is 0 Å². The van der Waals surface area contributed by atoms with Gasteiger partial charge < -0.3 is 24.4 Å². The lowest BCUT2D eigenvalue weighted by Gasteiger charge is -2.44. The minimum absolute atomic E-state index is 0.0139. The molecule has 0 aromatic heterocycles. The zero-order chi connectivity index (χ0) is 12.1. The van der Waals surface area contributed by atoms with Gasteiger partial charge in [-0.2, -0.15) is 0 Å². The van der Waals surface area contributed by atoms with Crippen molar-refractivity contribution in [3.05, 3.63) is 0 Å². The van der Waals surface area contributed by atoms with Crippen LogP contribution in [0.15, 0.2) is 0 Å². The van der Waals surface area contributed by atoms with Crippen LogP contribution in [0.2, 0.25) is 0 Å². The first-order valence-electron chi connectivity index (χ1n) is 5.58. The molecule has 0 amide bonds. The van der Waals surface area contributed by atoms with Crippen LogP contribution in [0.3, 0.4) is 0 Å². The fraction of sp³-hybridized carbons (Fsp3) is 1.00. The fourth-order valence-electron chi connectivity index (χ4n) is 2.42. The molecule has 1 fully saturated rings. The number of hydrogen-bond acceptors (Lipinski definition) is 5. The summed E-state index contributed by atoms with van der Waals surface area (Å²) in [6, 6.07) is 0. The number of rotatable bonds is 5. The van der Waals surface area contributed by atoms with E-state index < -0.39 is 0 Å². The summed E-state index contributed by atoms with van der Waals surface area (Å²) in [5, 5.41) is 18.8. The van der Waals surface area contributed by atoms with Crippen LogP contribution in [0.5, 0.6) is 0 Å². The van der Waals surface area contributed by atoms with Gasteiger partial charge in [0.15, 0.2) is 6.29 Å². The van der Waals surface area contributed by atoms with Crippen molar-refractivity contribution in [2.75, 3.05) is 34.0 Å². The Morgan fingerprint density at radius 3 is 2.19 bits per heavy atom. The SMILES string of the molecule is COCC1OC(OC)C(C)C(CO)C1CO. The highest BCUT2D eigenvalue weighted by Gasteiger charge is 2.43. The molecular weight excluding hydrogens is 212 g/mol. The average Bonchev–Trinajstić information content (AvgIpc) is 2.30. The van der Waals surface area contributed by atoms with Crippen molar-refractivity contribution in [2.24, 2.45) is 17.8 Å². The Hall–Kier alpha value is -0.200. The van der Waals surface area contributed by atoms with Gasteiger partial charge in [-0.1, -0.05) is 6.92 Å². The van der Waals surface area contributed by atoms with Crippen molar-refractivity contribution in [3.8, 4) is 0 Å². The second-order valence-corrected chi connectivity index (χ2v) is 4.29. The van der Waals surface area contributed by atoms with Crippen LogP contribution in [0.25, 0.3) is 0 Å². The molecule has 0 aromatic rings. The molecule has 0 spiro atoms. The normalized spacial score (nSPS) is 39.9. The number of aliphatic hydroxyl groups is 2. The smallest absolute Gasteiger partial charge is 0.160 e.